The van der Waals surface area contributed by atoms with E-state index in [1.165, 1.54) is 24.3 Å². The number of piperidine rings is 1. The van der Waals surface area contributed by atoms with Gasteiger partial charge in [-0.15, -0.1) is 0 Å². The molecule has 2 aromatic rings. The first kappa shape index (κ1) is 22.8. The second kappa shape index (κ2) is 9.94. The standard InChI is InChI=1S/C23H24F4N2O2/c24-20-3-1-2-17(14-20)11-13-29-15-18(6-9-21(29)30)22(31)28-12-10-16-4-7-19(8-5-16)23(25,26)27/h1-5,7-8,14,18H,6,9-13,15H2,(H,28,31)/t18-/m0/s1. The van der Waals surface area contributed by atoms with Gasteiger partial charge in [-0.25, -0.2) is 4.39 Å². The Morgan fingerprint density at radius 3 is 2.48 bits per heavy atom. The molecule has 1 atom stereocenters. The van der Waals surface area contributed by atoms with Gasteiger partial charge in [0.1, 0.15) is 5.82 Å². The first-order chi connectivity index (χ1) is 14.7. The molecule has 1 N–H and O–H groups in total. The van der Waals surface area contributed by atoms with Crippen molar-refractivity contribution in [2.24, 2.45) is 5.92 Å². The van der Waals surface area contributed by atoms with E-state index < -0.39 is 11.7 Å². The number of nitrogens with one attached hydrogen (secondary N) is 1. The van der Waals surface area contributed by atoms with E-state index >= 15 is 0 Å². The summed E-state index contributed by atoms with van der Waals surface area (Å²) in [6.45, 7) is 1.02. The molecule has 4 nitrogen and oxygen atoms in total. The maximum absolute atomic E-state index is 13.3. The summed E-state index contributed by atoms with van der Waals surface area (Å²) in [4.78, 5) is 26.3. The summed E-state index contributed by atoms with van der Waals surface area (Å²) < 4.78 is 51.1. The van der Waals surface area contributed by atoms with Crippen molar-refractivity contribution in [1.29, 1.82) is 0 Å². The Balaban J connectivity index is 1.46. The number of nitrogens with zero attached hydrogens (tertiary/aromatic N) is 1. The van der Waals surface area contributed by atoms with Crippen molar-refractivity contribution in [3.05, 3.63) is 71.0 Å². The number of rotatable bonds is 7. The summed E-state index contributed by atoms with van der Waals surface area (Å²) in [5, 5.41) is 2.81. The van der Waals surface area contributed by atoms with Crippen molar-refractivity contribution >= 4 is 11.8 Å². The predicted octanol–water partition coefficient (Wildman–Crippen LogP) is 3.98. The maximum Gasteiger partial charge on any atom is 0.416 e. The molecule has 166 valence electrons. The Morgan fingerprint density at radius 1 is 1.06 bits per heavy atom. The lowest BCUT2D eigenvalue weighted by atomic mass is 9.96. The molecular weight excluding hydrogens is 412 g/mol. The Labute approximate surface area is 178 Å². The minimum Gasteiger partial charge on any atom is -0.355 e. The molecule has 2 amide bonds. The number of amides is 2. The fourth-order valence-corrected chi connectivity index (χ4v) is 3.64. The van der Waals surface area contributed by atoms with Crippen LogP contribution in [0.3, 0.4) is 0 Å². The van der Waals surface area contributed by atoms with E-state index in [0.717, 1.165) is 17.7 Å². The first-order valence-corrected chi connectivity index (χ1v) is 10.2. The smallest absolute Gasteiger partial charge is 0.355 e. The highest BCUT2D eigenvalue weighted by Gasteiger charge is 2.31. The second-order valence-electron chi connectivity index (χ2n) is 7.69. The Kier molecular flexibility index (Phi) is 7.30. The van der Waals surface area contributed by atoms with Gasteiger partial charge in [-0.2, -0.15) is 13.2 Å². The molecule has 31 heavy (non-hydrogen) atoms. The second-order valence-corrected chi connectivity index (χ2v) is 7.69. The molecule has 0 bridgehead atoms. The molecule has 1 heterocycles. The highest BCUT2D eigenvalue weighted by molar-refractivity contribution is 5.83. The lowest BCUT2D eigenvalue weighted by molar-refractivity contribution is -0.139. The third-order valence-electron chi connectivity index (χ3n) is 5.42. The summed E-state index contributed by atoms with van der Waals surface area (Å²) in [5.41, 5.74) is 0.783. The van der Waals surface area contributed by atoms with Crippen molar-refractivity contribution in [3.8, 4) is 0 Å². The fraction of sp³-hybridized carbons (Fsp3) is 0.391. The van der Waals surface area contributed by atoms with Crippen LogP contribution in [0.5, 0.6) is 0 Å². The number of carbonyl (C=O) groups is 2. The maximum atomic E-state index is 13.3. The third kappa shape index (κ3) is 6.54. The molecule has 0 spiro atoms. The molecule has 0 aliphatic carbocycles. The molecule has 0 radical (unpaired) electrons. The van der Waals surface area contributed by atoms with Crippen molar-refractivity contribution in [1.82, 2.24) is 10.2 Å². The number of hydrogen-bond acceptors (Lipinski definition) is 2. The largest absolute Gasteiger partial charge is 0.416 e. The SMILES string of the molecule is O=C(NCCc1ccc(C(F)(F)F)cc1)[C@H]1CCC(=O)N(CCc2cccc(F)c2)C1. The van der Waals surface area contributed by atoms with Crippen LogP contribution in [-0.2, 0) is 28.6 Å². The fourth-order valence-electron chi connectivity index (χ4n) is 3.64. The number of hydrogen-bond donors (Lipinski definition) is 1. The molecule has 0 aromatic heterocycles. The predicted molar refractivity (Wildman–Crippen MR) is 108 cm³/mol. The number of likely N-dealkylation sites (tertiary alicyclic amines) is 1. The number of halogens is 4. The number of carbonyl (C=O) groups excluding carboxylic acids is 2. The van der Waals surface area contributed by atoms with Gasteiger partial charge in [0, 0.05) is 26.1 Å². The van der Waals surface area contributed by atoms with Gasteiger partial charge < -0.3 is 10.2 Å². The Hall–Kier alpha value is -2.90. The van der Waals surface area contributed by atoms with Gasteiger partial charge >= 0.3 is 6.18 Å². The van der Waals surface area contributed by atoms with Crippen LogP contribution in [0, 0.1) is 11.7 Å². The molecule has 0 saturated carbocycles. The van der Waals surface area contributed by atoms with Crippen LogP contribution >= 0.6 is 0 Å². The quantitative estimate of drug-likeness (QED) is 0.668. The monoisotopic (exact) mass is 436 g/mol. The van der Waals surface area contributed by atoms with Gasteiger partial charge in [0.05, 0.1) is 11.5 Å². The zero-order chi connectivity index (χ0) is 22.4. The zero-order valence-corrected chi connectivity index (χ0v) is 16.9. The van der Waals surface area contributed by atoms with Crippen molar-refractivity contribution in [2.45, 2.75) is 31.9 Å². The molecule has 1 fully saturated rings. The van der Waals surface area contributed by atoms with Gasteiger partial charge in [-0.1, -0.05) is 24.3 Å². The molecular formula is C23H24F4N2O2. The normalized spacial score (nSPS) is 17.0. The van der Waals surface area contributed by atoms with E-state index in [2.05, 4.69) is 5.32 Å². The topological polar surface area (TPSA) is 49.4 Å². The van der Waals surface area contributed by atoms with E-state index in [9.17, 15) is 27.2 Å². The van der Waals surface area contributed by atoms with Crippen molar-refractivity contribution in [3.63, 3.8) is 0 Å². The summed E-state index contributed by atoms with van der Waals surface area (Å²) in [6.07, 6.45) is -2.71. The first-order valence-electron chi connectivity index (χ1n) is 10.2. The van der Waals surface area contributed by atoms with Gasteiger partial charge in [0.15, 0.2) is 0 Å². The van der Waals surface area contributed by atoms with Crippen LogP contribution in [0.1, 0.15) is 29.5 Å². The van der Waals surface area contributed by atoms with Crippen LogP contribution in [0.25, 0.3) is 0 Å². The lowest BCUT2D eigenvalue weighted by Gasteiger charge is -2.32. The molecule has 2 aromatic carbocycles. The summed E-state index contributed by atoms with van der Waals surface area (Å²) in [5.74, 6) is -0.856. The van der Waals surface area contributed by atoms with E-state index in [1.54, 1.807) is 17.0 Å². The van der Waals surface area contributed by atoms with Crippen LogP contribution < -0.4 is 5.32 Å². The minimum atomic E-state index is -4.37. The molecule has 3 rings (SSSR count). The van der Waals surface area contributed by atoms with Crippen LogP contribution in [0.2, 0.25) is 0 Å². The zero-order valence-electron chi connectivity index (χ0n) is 16.9. The van der Waals surface area contributed by atoms with Gasteiger partial charge in [-0.05, 0) is 54.7 Å². The average Bonchev–Trinajstić information content (AvgIpc) is 2.73. The van der Waals surface area contributed by atoms with Crippen molar-refractivity contribution in [2.75, 3.05) is 19.6 Å². The van der Waals surface area contributed by atoms with E-state index in [1.807, 2.05) is 0 Å². The highest BCUT2D eigenvalue weighted by atomic mass is 19.4. The lowest BCUT2D eigenvalue weighted by Crippen LogP contribution is -2.46. The Bertz CT molecular complexity index is 913. The van der Waals surface area contributed by atoms with Gasteiger partial charge in [-0.3, -0.25) is 9.59 Å². The van der Waals surface area contributed by atoms with E-state index in [-0.39, 0.29) is 30.0 Å². The Morgan fingerprint density at radius 2 is 1.81 bits per heavy atom. The van der Waals surface area contributed by atoms with Crippen LogP contribution in [-0.4, -0.2) is 36.3 Å². The summed E-state index contributed by atoms with van der Waals surface area (Å²) in [7, 11) is 0. The number of benzene rings is 2. The molecule has 1 aliphatic heterocycles. The molecule has 1 saturated heterocycles. The summed E-state index contributed by atoms with van der Waals surface area (Å²) in [6, 6.07) is 11.1. The third-order valence-corrected chi connectivity index (χ3v) is 5.42. The van der Waals surface area contributed by atoms with Gasteiger partial charge in [0.25, 0.3) is 0 Å². The highest BCUT2D eigenvalue weighted by Crippen LogP contribution is 2.29. The van der Waals surface area contributed by atoms with E-state index in [4.69, 9.17) is 0 Å². The molecule has 1 aliphatic rings. The van der Waals surface area contributed by atoms with Crippen LogP contribution in [0.15, 0.2) is 48.5 Å². The van der Waals surface area contributed by atoms with Gasteiger partial charge in [0.2, 0.25) is 11.8 Å². The average molecular weight is 436 g/mol. The molecule has 0 unspecified atom stereocenters. The minimum absolute atomic E-state index is 0.0230. The van der Waals surface area contributed by atoms with Crippen molar-refractivity contribution < 1.29 is 27.2 Å². The summed E-state index contributed by atoms with van der Waals surface area (Å²) >= 11 is 0. The van der Waals surface area contributed by atoms with E-state index in [0.29, 0.717) is 44.5 Å². The van der Waals surface area contributed by atoms with Crippen LogP contribution in [0.4, 0.5) is 17.6 Å². The molecule has 8 heteroatoms. The number of alkyl halides is 3.